The number of benzene rings is 1. The van der Waals surface area contributed by atoms with Crippen molar-refractivity contribution in [2.75, 3.05) is 39.3 Å². The van der Waals surface area contributed by atoms with Gasteiger partial charge in [-0.2, -0.15) is 0 Å². The van der Waals surface area contributed by atoms with E-state index in [4.69, 9.17) is 4.74 Å². The highest BCUT2D eigenvalue weighted by Crippen LogP contribution is 2.31. The normalized spacial score (nSPS) is 22.9. The molecule has 1 unspecified atom stereocenters. The van der Waals surface area contributed by atoms with Gasteiger partial charge in [-0.1, -0.05) is 18.2 Å². The van der Waals surface area contributed by atoms with Crippen LogP contribution in [-0.4, -0.2) is 66.4 Å². The molecular formula is C18H27N3O3. The van der Waals surface area contributed by atoms with Crippen molar-refractivity contribution in [3.05, 3.63) is 29.8 Å². The Kier molecular flexibility index (Phi) is 5.58. The van der Waals surface area contributed by atoms with Gasteiger partial charge in [0.15, 0.2) is 0 Å². The minimum atomic E-state index is -0.326. The number of urea groups is 1. The predicted molar refractivity (Wildman–Crippen MR) is 92.1 cm³/mol. The van der Waals surface area contributed by atoms with Crippen molar-refractivity contribution >= 4 is 6.03 Å². The molecule has 0 spiro atoms. The average Bonchev–Trinajstić information content (AvgIpc) is 2.77. The topological polar surface area (TPSA) is 65.0 Å². The molecule has 0 aromatic heterocycles. The lowest BCUT2D eigenvalue weighted by atomic mass is 10.0. The summed E-state index contributed by atoms with van der Waals surface area (Å²) in [5, 5.41) is 12.6. The third-order valence-electron chi connectivity index (χ3n) is 4.67. The summed E-state index contributed by atoms with van der Waals surface area (Å²) in [6.07, 6.45) is 1.50. The number of nitrogens with one attached hydrogen (secondary N) is 1. The molecule has 1 aromatic carbocycles. The van der Waals surface area contributed by atoms with Crippen LogP contribution in [-0.2, 0) is 0 Å². The molecule has 0 saturated carbocycles. The standard InChI is InChI=1S/C18H27N3O3/c1-14(22)13-20-8-10-21(11-9-20)18(23)19-16-6-4-12-24-17-7-3-2-5-15(16)17/h2-3,5,7,14,16,22H,4,6,8-13H2,1H3,(H,19,23)/t14-,16?/m0/s1. The number of fused-ring (bicyclic) bond motifs is 1. The molecule has 0 bridgehead atoms. The van der Waals surface area contributed by atoms with Crippen molar-refractivity contribution in [1.29, 1.82) is 0 Å². The van der Waals surface area contributed by atoms with Crippen LogP contribution in [0.1, 0.15) is 31.4 Å². The average molecular weight is 333 g/mol. The zero-order valence-electron chi connectivity index (χ0n) is 14.3. The van der Waals surface area contributed by atoms with Gasteiger partial charge >= 0.3 is 6.03 Å². The lowest BCUT2D eigenvalue weighted by molar-refractivity contribution is 0.0890. The van der Waals surface area contributed by atoms with E-state index in [0.29, 0.717) is 26.2 Å². The van der Waals surface area contributed by atoms with Crippen LogP contribution in [0.25, 0.3) is 0 Å². The second kappa shape index (κ2) is 7.85. The van der Waals surface area contributed by atoms with Crippen LogP contribution >= 0.6 is 0 Å². The number of aliphatic hydroxyl groups is 1. The summed E-state index contributed by atoms with van der Waals surface area (Å²) < 4.78 is 5.76. The van der Waals surface area contributed by atoms with Crippen molar-refractivity contribution in [2.45, 2.75) is 31.9 Å². The quantitative estimate of drug-likeness (QED) is 0.882. The van der Waals surface area contributed by atoms with E-state index in [1.165, 1.54) is 0 Å². The smallest absolute Gasteiger partial charge is 0.317 e. The number of carbonyl (C=O) groups excluding carboxylic acids is 1. The Labute approximate surface area is 143 Å². The Morgan fingerprint density at radius 3 is 2.83 bits per heavy atom. The van der Waals surface area contributed by atoms with E-state index in [1.807, 2.05) is 29.2 Å². The second-order valence-corrected chi connectivity index (χ2v) is 6.67. The van der Waals surface area contributed by atoms with Crippen molar-refractivity contribution in [2.24, 2.45) is 0 Å². The highest BCUT2D eigenvalue weighted by atomic mass is 16.5. The molecule has 2 aliphatic heterocycles. The first-order valence-corrected chi connectivity index (χ1v) is 8.81. The van der Waals surface area contributed by atoms with Crippen LogP contribution in [0.2, 0.25) is 0 Å². The molecule has 1 fully saturated rings. The lowest BCUT2D eigenvalue weighted by Crippen LogP contribution is -2.53. The van der Waals surface area contributed by atoms with Crippen LogP contribution in [0.4, 0.5) is 4.79 Å². The van der Waals surface area contributed by atoms with E-state index in [1.54, 1.807) is 6.92 Å². The third kappa shape index (κ3) is 4.19. The Morgan fingerprint density at radius 1 is 1.33 bits per heavy atom. The molecule has 2 heterocycles. The lowest BCUT2D eigenvalue weighted by Gasteiger charge is -2.36. The van der Waals surface area contributed by atoms with E-state index in [0.717, 1.165) is 37.2 Å². The maximum Gasteiger partial charge on any atom is 0.317 e. The van der Waals surface area contributed by atoms with Crippen LogP contribution < -0.4 is 10.1 Å². The molecule has 6 nitrogen and oxygen atoms in total. The molecule has 2 amide bonds. The van der Waals surface area contributed by atoms with Crippen molar-refractivity contribution in [1.82, 2.24) is 15.1 Å². The maximum atomic E-state index is 12.6. The molecule has 0 aliphatic carbocycles. The van der Waals surface area contributed by atoms with Crippen molar-refractivity contribution in [3.63, 3.8) is 0 Å². The van der Waals surface area contributed by atoms with Crippen LogP contribution in [0.5, 0.6) is 5.75 Å². The van der Waals surface area contributed by atoms with Gasteiger partial charge in [0.05, 0.1) is 18.8 Å². The first-order chi connectivity index (χ1) is 11.6. The number of hydrogen-bond acceptors (Lipinski definition) is 4. The Morgan fingerprint density at radius 2 is 2.08 bits per heavy atom. The fourth-order valence-electron chi connectivity index (χ4n) is 3.42. The zero-order chi connectivity index (χ0) is 16.9. The van der Waals surface area contributed by atoms with Crippen LogP contribution in [0, 0.1) is 0 Å². The number of piperazine rings is 1. The van der Waals surface area contributed by atoms with Gasteiger partial charge in [-0.05, 0) is 25.8 Å². The monoisotopic (exact) mass is 333 g/mol. The number of para-hydroxylation sites is 1. The number of nitrogens with zero attached hydrogens (tertiary/aromatic N) is 2. The fraction of sp³-hybridized carbons (Fsp3) is 0.611. The van der Waals surface area contributed by atoms with Gasteiger partial charge in [0.2, 0.25) is 0 Å². The molecular weight excluding hydrogens is 306 g/mol. The maximum absolute atomic E-state index is 12.6. The first kappa shape index (κ1) is 17.0. The number of rotatable bonds is 3. The summed E-state index contributed by atoms with van der Waals surface area (Å²) in [5.74, 6) is 0.877. The van der Waals surface area contributed by atoms with Gasteiger partial charge in [-0.25, -0.2) is 4.79 Å². The summed E-state index contributed by atoms with van der Waals surface area (Å²) in [6, 6.07) is 7.95. The van der Waals surface area contributed by atoms with Gasteiger partial charge < -0.3 is 20.1 Å². The molecule has 2 N–H and O–H groups in total. The van der Waals surface area contributed by atoms with Crippen LogP contribution in [0.15, 0.2) is 24.3 Å². The predicted octanol–water partition coefficient (Wildman–Crippen LogP) is 1.61. The number of carbonyl (C=O) groups is 1. The molecule has 2 aliphatic rings. The molecule has 132 valence electrons. The summed E-state index contributed by atoms with van der Waals surface area (Å²) in [7, 11) is 0. The van der Waals surface area contributed by atoms with E-state index in [2.05, 4.69) is 10.2 Å². The van der Waals surface area contributed by atoms with E-state index in [-0.39, 0.29) is 18.2 Å². The van der Waals surface area contributed by atoms with E-state index < -0.39 is 0 Å². The van der Waals surface area contributed by atoms with E-state index >= 15 is 0 Å². The highest BCUT2D eigenvalue weighted by Gasteiger charge is 2.26. The summed E-state index contributed by atoms with van der Waals surface area (Å²) in [6.45, 7) is 6.17. The van der Waals surface area contributed by atoms with Crippen LogP contribution in [0.3, 0.4) is 0 Å². The Hall–Kier alpha value is -1.79. The second-order valence-electron chi connectivity index (χ2n) is 6.67. The molecule has 1 saturated heterocycles. The zero-order valence-corrected chi connectivity index (χ0v) is 14.3. The third-order valence-corrected chi connectivity index (χ3v) is 4.67. The Bertz CT molecular complexity index is 556. The molecule has 1 aromatic rings. The number of amides is 2. The van der Waals surface area contributed by atoms with Gasteiger partial charge in [0.1, 0.15) is 5.75 Å². The molecule has 24 heavy (non-hydrogen) atoms. The molecule has 3 rings (SSSR count). The SMILES string of the molecule is C[C@H](O)CN1CCN(C(=O)NC2CCCOc3ccccc32)CC1. The molecule has 2 atom stereocenters. The molecule has 0 radical (unpaired) electrons. The van der Waals surface area contributed by atoms with Gasteiger partial charge in [0.25, 0.3) is 0 Å². The van der Waals surface area contributed by atoms with Crippen molar-refractivity contribution < 1.29 is 14.6 Å². The van der Waals surface area contributed by atoms with Gasteiger partial charge in [-0.3, -0.25) is 4.90 Å². The Balaban J connectivity index is 1.57. The summed E-state index contributed by atoms with van der Waals surface area (Å²) >= 11 is 0. The molecule has 6 heteroatoms. The minimum absolute atomic E-state index is 0.00611. The van der Waals surface area contributed by atoms with E-state index in [9.17, 15) is 9.90 Å². The fourth-order valence-corrected chi connectivity index (χ4v) is 3.42. The number of hydrogen-bond donors (Lipinski definition) is 2. The first-order valence-electron chi connectivity index (χ1n) is 8.81. The number of β-amino-alcohol motifs (C(OH)–C–C–N with tert-alkyl or cyclic N) is 1. The highest BCUT2D eigenvalue weighted by molar-refractivity contribution is 5.75. The number of aliphatic hydroxyl groups excluding tert-OH is 1. The summed E-state index contributed by atoms with van der Waals surface area (Å²) in [5.41, 5.74) is 1.07. The van der Waals surface area contributed by atoms with Gasteiger partial charge in [0, 0.05) is 38.3 Å². The number of ether oxygens (including phenoxy) is 1. The largest absolute Gasteiger partial charge is 0.493 e. The van der Waals surface area contributed by atoms with Gasteiger partial charge in [-0.15, -0.1) is 0 Å². The van der Waals surface area contributed by atoms with Crippen molar-refractivity contribution in [3.8, 4) is 5.75 Å². The summed E-state index contributed by atoms with van der Waals surface area (Å²) in [4.78, 5) is 16.7. The minimum Gasteiger partial charge on any atom is -0.493 e.